The number of fused-ring (bicyclic) bond motifs is 1. The van der Waals surface area contributed by atoms with Crippen LogP contribution in [0.1, 0.15) is 16.1 Å². The van der Waals surface area contributed by atoms with Gasteiger partial charge < -0.3 is 10.5 Å². The van der Waals surface area contributed by atoms with Gasteiger partial charge in [0.1, 0.15) is 4.88 Å². The van der Waals surface area contributed by atoms with Gasteiger partial charge in [-0.2, -0.15) is 0 Å². The van der Waals surface area contributed by atoms with Gasteiger partial charge in [0.15, 0.2) is 0 Å². The zero-order valence-corrected chi connectivity index (χ0v) is 9.63. The average molecular weight is 235 g/mol. The Morgan fingerprint density at radius 1 is 1.38 bits per heavy atom. The fourth-order valence-corrected chi connectivity index (χ4v) is 2.36. The van der Waals surface area contributed by atoms with Crippen molar-refractivity contribution in [3.05, 3.63) is 35.2 Å². The Hall–Kier alpha value is -1.39. The number of esters is 1. The minimum absolute atomic E-state index is 0.255. The second kappa shape index (κ2) is 5.09. The van der Waals surface area contributed by atoms with Crippen LogP contribution in [0, 0.1) is 0 Å². The fraction of sp³-hybridized carbons (Fsp3) is 0.250. The van der Waals surface area contributed by atoms with Gasteiger partial charge in [0.05, 0.1) is 6.61 Å². The number of carbonyl (C=O) groups excluding carboxylic acids is 1. The molecule has 2 rings (SSSR count). The zero-order valence-electron chi connectivity index (χ0n) is 8.81. The summed E-state index contributed by atoms with van der Waals surface area (Å²) in [6.45, 7) is 0.934. The topological polar surface area (TPSA) is 52.3 Å². The molecular formula is C12H13NO2S. The molecule has 0 fully saturated rings. The Bertz CT molecular complexity index is 459. The molecule has 1 aromatic heterocycles. The fourth-order valence-electron chi connectivity index (χ4n) is 1.40. The molecule has 1 aromatic carbocycles. The number of hydrogen-bond donors (Lipinski definition) is 1. The van der Waals surface area contributed by atoms with Gasteiger partial charge in [-0.3, -0.25) is 0 Å². The van der Waals surface area contributed by atoms with E-state index in [4.69, 9.17) is 10.5 Å². The minimum Gasteiger partial charge on any atom is -0.461 e. The molecule has 0 atom stereocenters. The highest BCUT2D eigenvalue weighted by molar-refractivity contribution is 7.20. The molecule has 0 radical (unpaired) electrons. The van der Waals surface area contributed by atoms with Gasteiger partial charge in [0, 0.05) is 4.70 Å². The molecule has 0 saturated heterocycles. The van der Waals surface area contributed by atoms with E-state index < -0.39 is 0 Å². The third kappa shape index (κ3) is 2.40. The third-order valence-electron chi connectivity index (χ3n) is 2.21. The number of hydrogen-bond acceptors (Lipinski definition) is 4. The summed E-state index contributed by atoms with van der Waals surface area (Å²) in [6, 6.07) is 9.77. The lowest BCUT2D eigenvalue weighted by molar-refractivity contribution is 0.0509. The molecule has 84 valence electrons. The van der Waals surface area contributed by atoms with Crippen molar-refractivity contribution in [2.75, 3.05) is 13.2 Å². The van der Waals surface area contributed by atoms with Gasteiger partial charge >= 0.3 is 5.97 Å². The minimum atomic E-state index is -0.255. The summed E-state index contributed by atoms with van der Waals surface area (Å²) in [7, 11) is 0. The number of carbonyl (C=O) groups is 1. The van der Waals surface area contributed by atoms with Gasteiger partial charge in [0.2, 0.25) is 0 Å². The van der Waals surface area contributed by atoms with E-state index in [9.17, 15) is 4.79 Å². The number of rotatable bonds is 4. The average Bonchev–Trinajstić information content (AvgIpc) is 2.73. The van der Waals surface area contributed by atoms with Crippen LogP contribution in [-0.2, 0) is 4.74 Å². The van der Waals surface area contributed by atoms with E-state index in [2.05, 4.69) is 0 Å². The lowest BCUT2D eigenvalue weighted by atomic mass is 10.2. The summed E-state index contributed by atoms with van der Waals surface area (Å²) in [4.78, 5) is 12.3. The molecular weight excluding hydrogens is 222 g/mol. The predicted octanol–water partition coefficient (Wildman–Crippen LogP) is 2.41. The maximum Gasteiger partial charge on any atom is 0.348 e. The van der Waals surface area contributed by atoms with Crippen molar-refractivity contribution in [2.45, 2.75) is 6.42 Å². The van der Waals surface area contributed by atoms with Crippen molar-refractivity contribution in [1.29, 1.82) is 0 Å². The molecule has 0 aliphatic carbocycles. The monoisotopic (exact) mass is 235 g/mol. The first kappa shape index (κ1) is 11.1. The van der Waals surface area contributed by atoms with Crippen LogP contribution in [0.3, 0.4) is 0 Å². The van der Waals surface area contributed by atoms with Crippen LogP contribution in [0.5, 0.6) is 0 Å². The summed E-state index contributed by atoms with van der Waals surface area (Å²) in [6.07, 6.45) is 0.705. The highest BCUT2D eigenvalue weighted by atomic mass is 32.1. The quantitative estimate of drug-likeness (QED) is 0.654. The Balaban J connectivity index is 2.11. The molecule has 0 saturated carbocycles. The van der Waals surface area contributed by atoms with E-state index in [-0.39, 0.29) is 5.97 Å². The van der Waals surface area contributed by atoms with E-state index >= 15 is 0 Å². The molecule has 0 aliphatic heterocycles. The van der Waals surface area contributed by atoms with Crippen molar-refractivity contribution in [3.63, 3.8) is 0 Å². The molecule has 0 bridgehead atoms. The Kier molecular flexibility index (Phi) is 3.54. The smallest absolute Gasteiger partial charge is 0.348 e. The second-order valence-electron chi connectivity index (χ2n) is 3.43. The molecule has 0 spiro atoms. The summed E-state index contributed by atoms with van der Waals surface area (Å²) in [5.41, 5.74) is 5.33. The molecule has 0 unspecified atom stereocenters. The molecule has 2 N–H and O–H groups in total. The Morgan fingerprint density at radius 2 is 2.19 bits per heavy atom. The van der Waals surface area contributed by atoms with Crippen LogP contribution in [0.4, 0.5) is 0 Å². The van der Waals surface area contributed by atoms with Gasteiger partial charge in [0.25, 0.3) is 0 Å². The van der Waals surface area contributed by atoms with E-state index in [1.54, 1.807) is 0 Å². The largest absolute Gasteiger partial charge is 0.461 e. The predicted molar refractivity (Wildman–Crippen MR) is 65.8 cm³/mol. The van der Waals surface area contributed by atoms with Crippen LogP contribution in [0.25, 0.3) is 10.1 Å². The summed E-state index contributed by atoms with van der Waals surface area (Å²) in [5.74, 6) is -0.255. The van der Waals surface area contributed by atoms with E-state index in [0.29, 0.717) is 24.4 Å². The summed E-state index contributed by atoms with van der Waals surface area (Å²) >= 11 is 1.46. The molecule has 1 heterocycles. The zero-order chi connectivity index (χ0) is 11.4. The summed E-state index contributed by atoms with van der Waals surface area (Å²) < 4.78 is 6.19. The SMILES string of the molecule is NCCCOC(=O)c1cc2ccccc2s1. The van der Waals surface area contributed by atoms with E-state index in [0.717, 1.165) is 10.1 Å². The third-order valence-corrected chi connectivity index (χ3v) is 3.30. The second-order valence-corrected chi connectivity index (χ2v) is 4.51. The first-order valence-corrected chi connectivity index (χ1v) is 5.98. The van der Waals surface area contributed by atoms with Crippen molar-refractivity contribution >= 4 is 27.4 Å². The van der Waals surface area contributed by atoms with Crippen LogP contribution >= 0.6 is 11.3 Å². The van der Waals surface area contributed by atoms with Crippen LogP contribution < -0.4 is 5.73 Å². The van der Waals surface area contributed by atoms with Crippen molar-refractivity contribution in [2.24, 2.45) is 5.73 Å². The van der Waals surface area contributed by atoms with Crippen LogP contribution in [-0.4, -0.2) is 19.1 Å². The van der Waals surface area contributed by atoms with Crippen molar-refractivity contribution in [3.8, 4) is 0 Å². The standard InChI is InChI=1S/C12H13NO2S/c13-6-3-7-15-12(14)11-8-9-4-1-2-5-10(9)16-11/h1-2,4-5,8H,3,6-7,13H2. The molecule has 3 nitrogen and oxygen atoms in total. The highest BCUT2D eigenvalue weighted by Crippen LogP contribution is 2.25. The van der Waals surface area contributed by atoms with Gasteiger partial charge in [-0.1, -0.05) is 18.2 Å². The molecule has 16 heavy (non-hydrogen) atoms. The normalized spacial score (nSPS) is 10.6. The van der Waals surface area contributed by atoms with Gasteiger partial charge in [-0.05, 0) is 30.5 Å². The number of ether oxygens (including phenoxy) is 1. The number of benzene rings is 1. The molecule has 0 amide bonds. The molecule has 2 aromatic rings. The summed E-state index contributed by atoms with van der Waals surface area (Å²) in [5, 5.41) is 1.08. The van der Waals surface area contributed by atoms with Crippen molar-refractivity contribution < 1.29 is 9.53 Å². The highest BCUT2D eigenvalue weighted by Gasteiger charge is 2.10. The number of nitrogens with two attached hydrogens (primary N) is 1. The van der Waals surface area contributed by atoms with Gasteiger partial charge in [-0.15, -0.1) is 11.3 Å². The maximum absolute atomic E-state index is 11.6. The van der Waals surface area contributed by atoms with Crippen LogP contribution in [0.15, 0.2) is 30.3 Å². The van der Waals surface area contributed by atoms with E-state index in [1.165, 1.54) is 11.3 Å². The first-order chi connectivity index (χ1) is 7.81. The lowest BCUT2D eigenvalue weighted by Gasteiger charge is -2.00. The maximum atomic E-state index is 11.6. The Labute approximate surface area is 97.8 Å². The van der Waals surface area contributed by atoms with Crippen LogP contribution in [0.2, 0.25) is 0 Å². The molecule has 4 heteroatoms. The number of thiophene rings is 1. The molecule has 0 aliphatic rings. The van der Waals surface area contributed by atoms with Gasteiger partial charge in [-0.25, -0.2) is 4.79 Å². The first-order valence-electron chi connectivity index (χ1n) is 5.17. The lowest BCUT2D eigenvalue weighted by Crippen LogP contribution is -2.08. The Morgan fingerprint density at radius 3 is 2.94 bits per heavy atom. The van der Waals surface area contributed by atoms with Crippen molar-refractivity contribution in [1.82, 2.24) is 0 Å². The van der Waals surface area contributed by atoms with E-state index in [1.807, 2.05) is 30.3 Å².